The van der Waals surface area contributed by atoms with E-state index in [0.717, 1.165) is 77.1 Å². The van der Waals surface area contributed by atoms with Crippen LogP contribution in [0.4, 0.5) is 0 Å². The van der Waals surface area contributed by atoms with E-state index in [1.54, 1.807) is 0 Å². The summed E-state index contributed by atoms with van der Waals surface area (Å²) >= 11 is 0. The summed E-state index contributed by atoms with van der Waals surface area (Å²) in [4.78, 5) is 4.72. The zero-order chi connectivity index (χ0) is 19.5. The number of ether oxygens (including phenoxy) is 2. The molecule has 0 amide bonds. The lowest BCUT2D eigenvalue weighted by Crippen LogP contribution is -2.38. The fraction of sp³-hybridized carbons (Fsp3) is 0.800. The summed E-state index contributed by atoms with van der Waals surface area (Å²) in [5.74, 6) is 1.89. The Balaban J connectivity index is 1.64. The number of aliphatic imine (C=N–C) groups is 1. The normalized spacial score (nSPS) is 18.7. The van der Waals surface area contributed by atoms with E-state index in [0.29, 0.717) is 11.8 Å². The van der Waals surface area contributed by atoms with Gasteiger partial charge in [0, 0.05) is 51.0 Å². The van der Waals surface area contributed by atoms with Crippen molar-refractivity contribution in [3.63, 3.8) is 0 Å². The zero-order valence-electron chi connectivity index (χ0n) is 17.5. The number of hydrogen-bond donors (Lipinski definition) is 2. The molecule has 0 spiro atoms. The molecule has 1 aliphatic heterocycles. The number of rotatable bonds is 11. The van der Waals surface area contributed by atoms with Gasteiger partial charge in [-0.1, -0.05) is 6.92 Å². The molecule has 2 heterocycles. The summed E-state index contributed by atoms with van der Waals surface area (Å²) < 4.78 is 13.2. The van der Waals surface area contributed by atoms with Crippen molar-refractivity contribution in [1.29, 1.82) is 0 Å². The third-order valence-corrected chi connectivity index (χ3v) is 4.63. The van der Waals surface area contributed by atoms with Crippen LogP contribution in [0.3, 0.4) is 0 Å². The minimum Gasteiger partial charge on any atom is -0.381 e. The average molecular weight is 380 g/mol. The Morgan fingerprint density at radius 2 is 2.30 bits per heavy atom. The molecule has 0 saturated carbocycles. The minimum absolute atomic E-state index is 0.426. The molecular formula is C20H37N5O2. The van der Waals surface area contributed by atoms with Gasteiger partial charge in [0.05, 0.1) is 18.9 Å². The fourth-order valence-electron chi connectivity index (χ4n) is 3.15. The molecule has 0 radical (unpaired) electrons. The molecule has 1 fully saturated rings. The molecule has 2 unspecified atom stereocenters. The summed E-state index contributed by atoms with van der Waals surface area (Å²) in [7, 11) is 0. The lowest BCUT2D eigenvalue weighted by Gasteiger charge is -2.14. The monoisotopic (exact) mass is 379 g/mol. The summed E-state index contributed by atoms with van der Waals surface area (Å²) in [5, 5.41) is 11.2. The molecule has 154 valence electrons. The standard InChI is InChI=1S/C20H37N5O2/c1-5-21-20(22-8-6-9-26-14-19-7-10-27-15-19)23-12-16(2)13-25-18(4)11-17(3)24-25/h11,16,19H,5-10,12-15H2,1-4H3,(H2,21,22,23). The highest BCUT2D eigenvalue weighted by Gasteiger charge is 2.15. The molecule has 2 N–H and O–H groups in total. The van der Waals surface area contributed by atoms with Gasteiger partial charge in [-0.2, -0.15) is 5.10 Å². The molecule has 2 atom stereocenters. The van der Waals surface area contributed by atoms with Crippen LogP contribution in [0.5, 0.6) is 0 Å². The van der Waals surface area contributed by atoms with Crippen LogP contribution in [-0.2, 0) is 16.0 Å². The third kappa shape index (κ3) is 8.30. The maximum atomic E-state index is 5.75. The van der Waals surface area contributed by atoms with E-state index < -0.39 is 0 Å². The second-order valence-electron chi connectivity index (χ2n) is 7.52. The molecule has 2 rings (SSSR count). The number of aromatic nitrogens is 2. The summed E-state index contributed by atoms with van der Waals surface area (Å²) in [6, 6.07) is 2.11. The van der Waals surface area contributed by atoms with Crippen LogP contribution < -0.4 is 10.6 Å². The van der Waals surface area contributed by atoms with Crippen LogP contribution in [0, 0.1) is 25.7 Å². The molecule has 7 heteroatoms. The van der Waals surface area contributed by atoms with E-state index in [9.17, 15) is 0 Å². The van der Waals surface area contributed by atoms with Gasteiger partial charge >= 0.3 is 0 Å². The van der Waals surface area contributed by atoms with Crippen molar-refractivity contribution < 1.29 is 9.47 Å². The lowest BCUT2D eigenvalue weighted by molar-refractivity contribution is 0.0888. The Kier molecular flexibility index (Phi) is 9.62. The van der Waals surface area contributed by atoms with E-state index in [1.807, 2.05) is 6.92 Å². The molecule has 1 aromatic heterocycles. The second-order valence-corrected chi connectivity index (χ2v) is 7.52. The van der Waals surface area contributed by atoms with Gasteiger partial charge in [0.2, 0.25) is 0 Å². The molecule has 27 heavy (non-hydrogen) atoms. The van der Waals surface area contributed by atoms with Crippen LogP contribution in [0.15, 0.2) is 11.1 Å². The smallest absolute Gasteiger partial charge is 0.191 e. The third-order valence-electron chi connectivity index (χ3n) is 4.63. The number of aryl methyl sites for hydroxylation is 2. The van der Waals surface area contributed by atoms with E-state index in [1.165, 1.54) is 5.69 Å². The number of nitrogens with one attached hydrogen (secondary N) is 2. The lowest BCUT2D eigenvalue weighted by atomic mass is 10.1. The van der Waals surface area contributed by atoms with Gasteiger partial charge in [0.1, 0.15) is 0 Å². The molecule has 7 nitrogen and oxygen atoms in total. The van der Waals surface area contributed by atoms with E-state index in [2.05, 4.69) is 47.3 Å². The van der Waals surface area contributed by atoms with Crippen molar-refractivity contribution in [2.75, 3.05) is 46.1 Å². The highest BCUT2D eigenvalue weighted by Crippen LogP contribution is 2.12. The van der Waals surface area contributed by atoms with Crippen LogP contribution in [0.25, 0.3) is 0 Å². The van der Waals surface area contributed by atoms with Crippen molar-refractivity contribution in [3.05, 3.63) is 17.5 Å². The maximum Gasteiger partial charge on any atom is 0.191 e. The summed E-state index contributed by atoms with van der Waals surface area (Å²) in [6.45, 7) is 15.1. The maximum absolute atomic E-state index is 5.75. The average Bonchev–Trinajstić information content (AvgIpc) is 3.25. The quantitative estimate of drug-likeness (QED) is 0.350. The Bertz CT molecular complexity index is 567. The highest BCUT2D eigenvalue weighted by atomic mass is 16.5. The van der Waals surface area contributed by atoms with Crippen LogP contribution in [-0.4, -0.2) is 61.8 Å². The fourth-order valence-corrected chi connectivity index (χ4v) is 3.15. The highest BCUT2D eigenvalue weighted by molar-refractivity contribution is 5.79. The zero-order valence-corrected chi connectivity index (χ0v) is 17.5. The van der Waals surface area contributed by atoms with Gasteiger partial charge in [-0.3, -0.25) is 9.67 Å². The van der Waals surface area contributed by atoms with Gasteiger partial charge in [-0.15, -0.1) is 0 Å². The largest absolute Gasteiger partial charge is 0.381 e. The van der Waals surface area contributed by atoms with Crippen molar-refractivity contribution >= 4 is 5.96 Å². The van der Waals surface area contributed by atoms with Crippen molar-refractivity contribution in [2.45, 2.75) is 47.1 Å². The summed E-state index contributed by atoms with van der Waals surface area (Å²) in [6.07, 6.45) is 2.10. The topological polar surface area (TPSA) is 72.7 Å². The first-order chi connectivity index (χ1) is 13.1. The van der Waals surface area contributed by atoms with E-state index in [-0.39, 0.29) is 0 Å². The Hall–Kier alpha value is -1.60. The van der Waals surface area contributed by atoms with Crippen LogP contribution in [0.2, 0.25) is 0 Å². The molecule has 0 aliphatic carbocycles. The molecular weight excluding hydrogens is 342 g/mol. The Labute approximate surface area is 163 Å². The Morgan fingerprint density at radius 3 is 2.96 bits per heavy atom. The van der Waals surface area contributed by atoms with Gasteiger partial charge < -0.3 is 20.1 Å². The predicted octanol–water partition coefficient (Wildman–Crippen LogP) is 2.13. The molecule has 1 aromatic rings. The van der Waals surface area contributed by atoms with Crippen molar-refractivity contribution in [3.8, 4) is 0 Å². The summed E-state index contributed by atoms with van der Waals surface area (Å²) in [5.41, 5.74) is 2.28. The van der Waals surface area contributed by atoms with Gasteiger partial charge in [-0.05, 0) is 45.6 Å². The second kappa shape index (κ2) is 12.0. The van der Waals surface area contributed by atoms with E-state index >= 15 is 0 Å². The predicted molar refractivity (Wildman–Crippen MR) is 109 cm³/mol. The molecule has 1 aliphatic rings. The van der Waals surface area contributed by atoms with Crippen molar-refractivity contribution in [2.24, 2.45) is 16.8 Å². The SMILES string of the molecule is CCNC(=NCC(C)Cn1nc(C)cc1C)NCCCOCC1CCOC1. The van der Waals surface area contributed by atoms with Gasteiger partial charge in [0.15, 0.2) is 5.96 Å². The molecule has 0 aromatic carbocycles. The first-order valence-electron chi connectivity index (χ1n) is 10.3. The number of guanidine groups is 1. The van der Waals surface area contributed by atoms with E-state index in [4.69, 9.17) is 14.5 Å². The number of hydrogen-bond acceptors (Lipinski definition) is 4. The Morgan fingerprint density at radius 1 is 1.44 bits per heavy atom. The first-order valence-corrected chi connectivity index (χ1v) is 10.3. The first kappa shape index (κ1) is 21.7. The molecule has 1 saturated heterocycles. The van der Waals surface area contributed by atoms with Crippen molar-refractivity contribution in [1.82, 2.24) is 20.4 Å². The number of nitrogens with zero attached hydrogens (tertiary/aromatic N) is 3. The minimum atomic E-state index is 0.426. The van der Waals surface area contributed by atoms with Gasteiger partial charge in [-0.25, -0.2) is 0 Å². The van der Waals surface area contributed by atoms with Gasteiger partial charge in [0.25, 0.3) is 0 Å². The van der Waals surface area contributed by atoms with Crippen LogP contribution >= 0.6 is 0 Å². The van der Waals surface area contributed by atoms with Crippen LogP contribution in [0.1, 0.15) is 38.1 Å². The molecule has 0 bridgehead atoms.